The first kappa shape index (κ1) is 19.1. The maximum absolute atomic E-state index is 12.7. The van der Waals surface area contributed by atoms with Crippen LogP contribution in [-0.2, 0) is 16.7 Å². The molecule has 0 spiro atoms. The molecule has 0 aliphatic carbocycles. The van der Waals surface area contributed by atoms with Crippen molar-refractivity contribution in [2.75, 3.05) is 13.4 Å². The fourth-order valence-electron chi connectivity index (χ4n) is 3.34. The second kappa shape index (κ2) is 6.97. The highest BCUT2D eigenvalue weighted by Crippen LogP contribution is 2.36. The molecule has 0 N–H and O–H groups in total. The van der Waals surface area contributed by atoms with E-state index in [2.05, 4.69) is 4.57 Å². The zero-order chi connectivity index (χ0) is 20.8. The summed E-state index contributed by atoms with van der Waals surface area (Å²) < 4.78 is 40.6. The minimum Gasteiger partial charge on any atom is -0.497 e. The van der Waals surface area contributed by atoms with E-state index in [1.54, 1.807) is 13.2 Å². The van der Waals surface area contributed by atoms with Crippen molar-refractivity contribution in [1.29, 1.82) is 0 Å². The molecule has 29 heavy (non-hydrogen) atoms. The van der Waals surface area contributed by atoms with Crippen molar-refractivity contribution in [2.45, 2.75) is 13.5 Å². The molecule has 0 saturated carbocycles. The van der Waals surface area contributed by atoms with Gasteiger partial charge >= 0.3 is 10.1 Å². The minimum absolute atomic E-state index is 0.0904. The number of aryl methyl sites for hydroxylation is 1. The summed E-state index contributed by atoms with van der Waals surface area (Å²) in [5, 5.41) is 0.937. The van der Waals surface area contributed by atoms with Crippen molar-refractivity contribution in [2.24, 2.45) is 0 Å². The van der Waals surface area contributed by atoms with Gasteiger partial charge in [-0.1, -0.05) is 0 Å². The number of nitrogens with zero attached hydrogens (tertiary/aromatic N) is 1. The van der Waals surface area contributed by atoms with Crippen molar-refractivity contribution in [3.63, 3.8) is 0 Å². The van der Waals surface area contributed by atoms with Crippen molar-refractivity contribution in [1.82, 2.24) is 4.57 Å². The Morgan fingerprint density at radius 3 is 2.59 bits per heavy atom. The third-order valence-corrected chi connectivity index (χ3v) is 5.13. The van der Waals surface area contributed by atoms with Crippen LogP contribution in [0.3, 0.4) is 0 Å². The van der Waals surface area contributed by atoms with Crippen LogP contribution >= 0.6 is 0 Å². The molecule has 0 atom stereocenters. The molecule has 0 radical (unpaired) electrons. The molecule has 7 nitrogen and oxygen atoms in total. The molecule has 0 unspecified atom stereocenters. The topological polar surface area (TPSA) is 83.8 Å². The molecule has 150 valence electrons. The van der Waals surface area contributed by atoms with Crippen LogP contribution < -0.4 is 13.7 Å². The first-order valence-corrected chi connectivity index (χ1v) is 10.8. The lowest BCUT2D eigenvalue weighted by atomic mass is 10.1. The molecule has 0 bridgehead atoms. The van der Waals surface area contributed by atoms with Gasteiger partial charge in [0.1, 0.15) is 17.2 Å². The number of rotatable bonds is 5. The highest BCUT2D eigenvalue weighted by molar-refractivity contribution is 7.86. The van der Waals surface area contributed by atoms with Crippen LogP contribution in [0.25, 0.3) is 17.0 Å². The van der Waals surface area contributed by atoms with Gasteiger partial charge in [0.05, 0.1) is 18.9 Å². The number of carbonyl (C=O) groups excluding carboxylic acids is 1. The fraction of sp³-hybridized carbons (Fsp3) is 0.190. The smallest absolute Gasteiger partial charge is 0.306 e. The number of carbonyl (C=O) groups is 1. The lowest BCUT2D eigenvalue weighted by Gasteiger charge is -2.04. The van der Waals surface area contributed by atoms with Gasteiger partial charge < -0.3 is 18.2 Å². The molecule has 2 aromatic carbocycles. The molecule has 2 heterocycles. The van der Waals surface area contributed by atoms with Gasteiger partial charge in [0, 0.05) is 35.3 Å². The van der Waals surface area contributed by atoms with E-state index < -0.39 is 10.1 Å². The summed E-state index contributed by atoms with van der Waals surface area (Å²) in [6.45, 7) is 2.81. The Balaban J connectivity index is 1.74. The predicted octanol–water partition coefficient (Wildman–Crippen LogP) is 3.62. The number of methoxy groups -OCH3 is 1. The Morgan fingerprint density at radius 2 is 1.90 bits per heavy atom. The predicted molar refractivity (Wildman–Crippen MR) is 109 cm³/mol. The van der Waals surface area contributed by atoms with Crippen LogP contribution in [-0.4, -0.2) is 32.1 Å². The molecular formula is C21H19NO6S. The maximum atomic E-state index is 12.7. The van der Waals surface area contributed by atoms with Crippen molar-refractivity contribution < 1.29 is 26.9 Å². The Hall–Kier alpha value is -3.26. The molecule has 8 heteroatoms. The van der Waals surface area contributed by atoms with Gasteiger partial charge in [0.2, 0.25) is 5.78 Å². The molecule has 3 aromatic rings. The molecule has 4 rings (SSSR count). The zero-order valence-corrected chi connectivity index (χ0v) is 16.9. The standard InChI is InChI=1S/C21H19NO6S/c1-4-22-12-13(17-10-14(26-2)6-8-18(17)22)9-20-21(23)16-7-5-15(11-19(16)27-20)28-29(3,24)25/h5-12H,4H2,1-3H3/b20-9+. The quantitative estimate of drug-likeness (QED) is 0.469. The second-order valence-corrected chi connectivity index (χ2v) is 8.21. The summed E-state index contributed by atoms with van der Waals surface area (Å²) in [6.07, 6.45) is 4.59. The number of ketones is 1. The van der Waals surface area contributed by atoms with Crippen LogP contribution in [0.4, 0.5) is 0 Å². The number of aromatic nitrogens is 1. The van der Waals surface area contributed by atoms with Crippen LogP contribution in [0, 0.1) is 0 Å². The van der Waals surface area contributed by atoms with Gasteiger partial charge in [-0.05, 0) is 43.3 Å². The van der Waals surface area contributed by atoms with E-state index in [4.69, 9.17) is 13.7 Å². The third-order valence-electron chi connectivity index (χ3n) is 4.64. The second-order valence-electron chi connectivity index (χ2n) is 6.64. The zero-order valence-electron chi connectivity index (χ0n) is 16.1. The number of benzene rings is 2. The first-order chi connectivity index (χ1) is 13.8. The third kappa shape index (κ3) is 3.58. The van der Waals surface area contributed by atoms with E-state index in [0.29, 0.717) is 5.56 Å². The van der Waals surface area contributed by atoms with E-state index in [1.807, 2.05) is 31.3 Å². The van der Waals surface area contributed by atoms with Crippen molar-refractivity contribution >= 4 is 32.9 Å². The van der Waals surface area contributed by atoms with E-state index >= 15 is 0 Å². The Labute approximate surface area is 168 Å². The Morgan fingerprint density at radius 1 is 1.14 bits per heavy atom. The summed E-state index contributed by atoms with van der Waals surface area (Å²) in [4.78, 5) is 12.7. The summed E-state index contributed by atoms with van der Waals surface area (Å²) in [6, 6.07) is 10.1. The molecule has 1 aliphatic rings. The minimum atomic E-state index is -3.67. The van der Waals surface area contributed by atoms with Crippen molar-refractivity contribution in [3.05, 3.63) is 59.5 Å². The highest BCUT2D eigenvalue weighted by atomic mass is 32.2. The number of hydrogen-bond donors (Lipinski definition) is 0. The van der Waals surface area contributed by atoms with Gasteiger partial charge in [-0.2, -0.15) is 8.42 Å². The van der Waals surface area contributed by atoms with E-state index in [1.165, 1.54) is 18.2 Å². The van der Waals surface area contributed by atoms with Crippen LogP contribution in [0.5, 0.6) is 17.2 Å². The number of allylic oxidation sites excluding steroid dienone is 1. The fourth-order valence-corrected chi connectivity index (χ4v) is 3.80. The van der Waals surface area contributed by atoms with Gasteiger partial charge in [-0.25, -0.2) is 0 Å². The largest absolute Gasteiger partial charge is 0.497 e. The van der Waals surface area contributed by atoms with Crippen LogP contribution in [0.15, 0.2) is 48.4 Å². The van der Waals surface area contributed by atoms with E-state index in [9.17, 15) is 13.2 Å². The average molecular weight is 413 g/mol. The number of Topliss-reactive ketones (excluding diaryl/α,β-unsaturated/α-hetero) is 1. The van der Waals surface area contributed by atoms with Gasteiger partial charge in [-0.15, -0.1) is 0 Å². The SMILES string of the molecule is CCn1cc(/C=C2/Oc3cc(OS(C)(=O)=O)ccc3C2=O)c2cc(OC)ccc21. The highest BCUT2D eigenvalue weighted by Gasteiger charge is 2.28. The van der Waals surface area contributed by atoms with Gasteiger partial charge in [0.15, 0.2) is 5.76 Å². The monoisotopic (exact) mass is 413 g/mol. The summed E-state index contributed by atoms with van der Waals surface area (Å²) in [5.41, 5.74) is 2.20. The maximum Gasteiger partial charge on any atom is 0.306 e. The molecule has 0 saturated heterocycles. The Kier molecular flexibility index (Phi) is 4.58. The van der Waals surface area contributed by atoms with Crippen LogP contribution in [0.2, 0.25) is 0 Å². The normalized spacial score (nSPS) is 14.9. The summed E-state index contributed by atoms with van der Waals surface area (Å²) in [5.74, 6) is 0.961. The lowest BCUT2D eigenvalue weighted by Crippen LogP contribution is -2.05. The molecule has 0 fully saturated rings. The number of ether oxygens (including phenoxy) is 2. The van der Waals surface area contributed by atoms with Crippen molar-refractivity contribution in [3.8, 4) is 17.2 Å². The number of hydrogen-bond acceptors (Lipinski definition) is 6. The molecule has 0 amide bonds. The van der Waals surface area contributed by atoms with E-state index in [-0.39, 0.29) is 23.0 Å². The summed E-state index contributed by atoms with van der Waals surface area (Å²) >= 11 is 0. The molecule has 1 aromatic heterocycles. The number of fused-ring (bicyclic) bond motifs is 2. The van der Waals surface area contributed by atoms with E-state index in [0.717, 1.165) is 35.0 Å². The lowest BCUT2D eigenvalue weighted by molar-refractivity contribution is 0.101. The molecule has 1 aliphatic heterocycles. The molecular weight excluding hydrogens is 394 g/mol. The Bertz CT molecular complexity index is 1270. The van der Waals surface area contributed by atoms with Gasteiger partial charge in [-0.3, -0.25) is 4.79 Å². The first-order valence-electron chi connectivity index (χ1n) is 8.93. The van der Waals surface area contributed by atoms with Gasteiger partial charge in [0.25, 0.3) is 0 Å². The summed E-state index contributed by atoms with van der Waals surface area (Å²) in [7, 11) is -2.07. The van der Waals surface area contributed by atoms with Crippen LogP contribution in [0.1, 0.15) is 22.8 Å². The average Bonchev–Trinajstić information content (AvgIpc) is 3.17.